The van der Waals surface area contributed by atoms with Crippen molar-refractivity contribution >= 4 is 39.0 Å². The Kier molecular flexibility index (Phi) is 2.60. The van der Waals surface area contributed by atoms with Crippen LogP contribution in [0.1, 0.15) is 31.4 Å². The standard InChI is InChI=1S/C21H18BrN/c1-21(2)8-7-14-17-10-15-13-6-4-3-5-12(13)9-16(15)19(22)20(17)23-18(14)11-21/h3-6,9-11,23H,7-8H2,1-2H3. The van der Waals surface area contributed by atoms with Crippen molar-refractivity contribution in [2.24, 2.45) is 5.41 Å². The fourth-order valence-electron chi connectivity index (χ4n) is 4.07. The van der Waals surface area contributed by atoms with E-state index in [1.54, 1.807) is 0 Å². The number of aryl methyl sites for hydroxylation is 1. The molecule has 1 aromatic heterocycles. The maximum Gasteiger partial charge on any atom is 0.0612 e. The summed E-state index contributed by atoms with van der Waals surface area (Å²) in [6.07, 6.45) is 7.06. The third kappa shape index (κ3) is 1.85. The molecule has 0 saturated carbocycles. The van der Waals surface area contributed by atoms with Crippen LogP contribution in [0.2, 0.25) is 0 Å². The van der Waals surface area contributed by atoms with Crippen LogP contribution in [0.4, 0.5) is 0 Å². The number of fused-ring (bicyclic) bond motifs is 6. The van der Waals surface area contributed by atoms with Gasteiger partial charge in [-0.25, -0.2) is 0 Å². The van der Waals surface area contributed by atoms with E-state index in [0.717, 1.165) is 6.42 Å². The van der Waals surface area contributed by atoms with Gasteiger partial charge in [-0.1, -0.05) is 44.2 Å². The van der Waals surface area contributed by atoms with Gasteiger partial charge in [-0.15, -0.1) is 0 Å². The van der Waals surface area contributed by atoms with Gasteiger partial charge in [0.15, 0.2) is 0 Å². The molecule has 0 atom stereocenters. The molecule has 1 heterocycles. The molecule has 0 unspecified atom stereocenters. The van der Waals surface area contributed by atoms with Gasteiger partial charge in [0, 0.05) is 15.2 Å². The van der Waals surface area contributed by atoms with Gasteiger partial charge < -0.3 is 4.98 Å². The first-order valence-electron chi connectivity index (χ1n) is 8.21. The lowest BCUT2D eigenvalue weighted by molar-refractivity contribution is 0.459. The van der Waals surface area contributed by atoms with Gasteiger partial charge in [-0.3, -0.25) is 0 Å². The monoisotopic (exact) mass is 363 g/mol. The largest absolute Gasteiger partial charge is 0.354 e. The number of halogens is 1. The second kappa shape index (κ2) is 4.39. The number of rotatable bonds is 0. The normalized spacial score (nSPS) is 17.2. The molecule has 5 rings (SSSR count). The molecule has 0 amide bonds. The SMILES string of the molecule is CC1(C)C=c2[nH]c3c(Br)c4c(cc3c2CC1)-c1ccccc1C=4. The first-order valence-corrected chi connectivity index (χ1v) is 9.00. The topological polar surface area (TPSA) is 15.8 Å². The van der Waals surface area contributed by atoms with Crippen LogP contribution in [0.5, 0.6) is 0 Å². The molecule has 0 saturated heterocycles. The Morgan fingerprint density at radius 2 is 1.96 bits per heavy atom. The van der Waals surface area contributed by atoms with Crippen molar-refractivity contribution in [1.82, 2.24) is 4.98 Å². The van der Waals surface area contributed by atoms with E-state index >= 15 is 0 Å². The zero-order chi connectivity index (χ0) is 15.8. The Hall–Kier alpha value is -1.80. The van der Waals surface area contributed by atoms with Crippen LogP contribution in [0.25, 0.3) is 34.2 Å². The molecule has 0 bridgehead atoms. The lowest BCUT2D eigenvalue weighted by Gasteiger charge is -2.23. The second-order valence-corrected chi connectivity index (χ2v) is 8.25. The van der Waals surface area contributed by atoms with Crippen molar-refractivity contribution in [3.05, 3.63) is 56.5 Å². The molecule has 0 spiro atoms. The highest BCUT2D eigenvalue weighted by Crippen LogP contribution is 2.35. The number of hydrogen-bond acceptors (Lipinski definition) is 0. The summed E-state index contributed by atoms with van der Waals surface area (Å²) in [5.74, 6) is 0. The molecular formula is C21H18BrN. The Morgan fingerprint density at radius 3 is 2.83 bits per heavy atom. The molecule has 2 aromatic carbocycles. The summed E-state index contributed by atoms with van der Waals surface area (Å²) in [7, 11) is 0. The van der Waals surface area contributed by atoms with Crippen LogP contribution in [0.3, 0.4) is 0 Å². The van der Waals surface area contributed by atoms with E-state index in [1.807, 2.05) is 0 Å². The highest BCUT2D eigenvalue weighted by molar-refractivity contribution is 9.10. The average molecular weight is 364 g/mol. The molecule has 3 aromatic rings. The molecule has 2 aliphatic carbocycles. The predicted molar refractivity (Wildman–Crippen MR) is 101 cm³/mol. The second-order valence-electron chi connectivity index (χ2n) is 7.46. The summed E-state index contributed by atoms with van der Waals surface area (Å²) in [6, 6.07) is 11.0. The molecular weight excluding hydrogens is 346 g/mol. The number of aromatic nitrogens is 1. The minimum atomic E-state index is 0.280. The summed E-state index contributed by atoms with van der Waals surface area (Å²) < 4.78 is 1.20. The van der Waals surface area contributed by atoms with Crippen molar-refractivity contribution in [2.45, 2.75) is 26.7 Å². The molecule has 2 heteroatoms. The highest BCUT2D eigenvalue weighted by Gasteiger charge is 2.24. The fourth-order valence-corrected chi connectivity index (χ4v) is 4.71. The van der Waals surface area contributed by atoms with E-state index in [-0.39, 0.29) is 5.41 Å². The molecule has 0 fully saturated rings. The van der Waals surface area contributed by atoms with Crippen LogP contribution in [-0.4, -0.2) is 4.98 Å². The number of H-pyrrole nitrogens is 1. The smallest absolute Gasteiger partial charge is 0.0612 e. The first kappa shape index (κ1) is 13.6. The fraction of sp³-hybridized carbons (Fsp3) is 0.238. The van der Waals surface area contributed by atoms with Crippen LogP contribution >= 0.6 is 15.9 Å². The predicted octanol–water partition coefficient (Wildman–Crippen LogP) is 4.49. The van der Waals surface area contributed by atoms with Crippen LogP contribution in [0, 0.1) is 5.41 Å². The van der Waals surface area contributed by atoms with Crippen molar-refractivity contribution < 1.29 is 0 Å². The van der Waals surface area contributed by atoms with E-state index in [9.17, 15) is 0 Å². The van der Waals surface area contributed by atoms with E-state index < -0.39 is 0 Å². The van der Waals surface area contributed by atoms with Crippen molar-refractivity contribution in [3.63, 3.8) is 0 Å². The minimum Gasteiger partial charge on any atom is -0.354 e. The van der Waals surface area contributed by atoms with Crippen molar-refractivity contribution in [1.29, 1.82) is 0 Å². The molecule has 0 radical (unpaired) electrons. The molecule has 2 aliphatic rings. The lowest BCUT2D eigenvalue weighted by atomic mass is 9.82. The van der Waals surface area contributed by atoms with Gasteiger partial charge in [0.05, 0.1) is 5.52 Å². The highest BCUT2D eigenvalue weighted by atomic mass is 79.9. The Balaban J connectivity index is 1.91. The maximum atomic E-state index is 3.87. The van der Waals surface area contributed by atoms with Gasteiger partial charge in [0.1, 0.15) is 0 Å². The van der Waals surface area contributed by atoms with E-state index in [2.05, 4.69) is 77.2 Å². The molecule has 1 nitrogen and oxygen atoms in total. The average Bonchev–Trinajstić information content (AvgIpc) is 3.05. The van der Waals surface area contributed by atoms with Gasteiger partial charge in [0.2, 0.25) is 0 Å². The minimum absolute atomic E-state index is 0.280. The lowest BCUT2D eigenvalue weighted by Crippen LogP contribution is -2.23. The van der Waals surface area contributed by atoms with Gasteiger partial charge in [0.25, 0.3) is 0 Å². The third-order valence-electron chi connectivity index (χ3n) is 5.32. The number of aromatic amines is 1. The van der Waals surface area contributed by atoms with Gasteiger partial charge in [-0.05, 0) is 73.8 Å². The molecule has 114 valence electrons. The molecule has 1 N–H and O–H groups in total. The van der Waals surface area contributed by atoms with E-state index in [1.165, 1.54) is 54.6 Å². The van der Waals surface area contributed by atoms with Crippen LogP contribution < -0.4 is 10.6 Å². The zero-order valence-corrected chi connectivity index (χ0v) is 14.9. The Labute approximate surface area is 143 Å². The Morgan fingerprint density at radius 1 is 1.13 bits per heavy atom. The summed E-state index contributed by atoms with van der Waals surface area (Å²) in [4.78, 5) is 3.67. The molecule has 0 aliphatic heterocycles. The third-order valence-corrected chi connectivity index (χ3v) is 6.14. The zero-order valence-electron chi connectivity index (χ0n) is 13.3. The molecule has 23 heavy (non-hydrogen) atoms. The summed E-state index contributed by atoms with van der Waals surface area (Å²) in [6.45, 7) is 4.64. The van der Waals surface area contributed by atoms with E-state index in [4.69, 9.17) is 0 Å². The quantitative estimate of drug-likeness (QED) is 0.473. The van der Waals surface area contributed by atoms with Crippen molar-refractivity contribution in [2.75, 3.05) is 0 Å². The Bertz CT molecular complexity index is 1100. The first-order chi connectivity index (χ1) is 11.0. The van der Waals surface area contributed by atoms with Crippen molar-refractivity contribution in [3.8, 4) is 11.1 Å². The summed E-state index contributed by atoms with van der Waals surface area (Å²) in [5, 5.41) is 3.99. The number of nitrogens with one attached hydrogen (secondary N) is 1. The van der Waals surface area contributed by atoms with Gasteiger partial charge in [-0.2, -0.15) is 0 Å². The summed E-state index contributed by atoms with van der Waals surface area (Å²) >= 11 is 3.87. The van der Waals surface area contributed by atoms with Gasteiger partial charge >= 0.3 is 0 Å². The van der Waals surface area contributed by atoms with E-state index in [0.29, 0.717) is 0 Å². The van der Waals surface area contributed by atoms with Crippen LogP contribution in [-0.2, 0) is 6.42 Å². The summed E-state index contributed by atoms with van der Waals surface area (Å²) in [5.41, 5.74) is 7.02. The van der Waals surface area contributed by atoms with Crippen LogP contribution in [0.15, 0.2) is 34.8 Å². The number of benzene rings is 2. The number of hydrogen-bond donors (Lipinski definition) is 1. The maximum absolute atomic E-state index is 3.87.